The number of carboxylic acid groups (broad SMARTS) is 1. The highest BCUT2D eigenvalue weighted by Gasteiger charge is 2.17. The molecule has 0 aliphatic carbocycles. The summed E-state index contributed by atoms with van der Waals surface area (Å²) in [6.45, 7) is 0. The molecule has 1 aromatic heterocycles. The Morgan fingerprint density at radius 3 is 2.72 bits per heavy atom. The molecule has 2 N–H and O–H groups in total. The molecule has 0 atom stereocenters. The molecule has 0 saturated heterocycles. The molecular weight excluding hydrogens is 246 g/mol. The number of aromatic amines is 1. The number of nitrogens with one attached hydrogen (secondary N) is 1. The maximum Gasteiger partial charge on any atom is 0.345 e. The van der Waals surface area contributed by atoms with Gasteiger partial charge >= 0.3 is 11.7 Å². The highest BCUT2D eigenvalue weighted by Crippen LogP contribution is 2.23. The maximum atomic E-state index is 13.5. The summed E-state index contributed by atoms with van der Waals surface area (Å²) in [5.74, 6) is -3.00. The Labute approximate surface area is 98.7 Å². The van der Waals surface area contributed by atoms with Crippen LogP contribution in [0.15, 0.2) is 29.2 Å². The molecule has 7 heteroatoms. The van der Waals surface area contributed by atoms with Crippen LogP contribution in [0, 0.1) is 11.6 Å². The van der Waals surface area contributed by atoms with Gasteiger partial charge in [-0.1, -0.05) is 0 Å². The summed E-state index contributed by atoms with van der Waals surface area (Å²) in [4.78, 5) is 27.3. The van der Waals surface area contributed by atoms with Gasteiger partial charge in [0.25, 0.3) is 0 Å². The predicted octanol–water partition coefficient (Wildman–Crippen LogP) is 1.41. The van der Waals surface area contributed by atoms with Gasteiger partial charge in [-0.05, 0) is 18.2 Å². The van der Waals surface area contributed by atoms with E-state index >= 15 is 0 Å². The molecule has 2 aromatic rings. The standard InChI is InChI=1S/C11H6F2N2O3/c12-5-1-2-8(13)6(3-5)9-7(10(16)17)4-14-11(18)15-9/h1-4H,(H,16,17)(H,14,15,18). The number of hydrogen-bond donors (Lipinski definition) is 2. The first-order chi connectivity index (χ1) is 8.49. The second kappa shape index (κ2) is 4.36. The number of nitrogens with zero attached hydrogens (tertiary/aromatic N) is 1. The van der Waals surface area contributed by atoms with Crippen molar-refractivity contribution in [2.75, 3.05) is 0 Å². The molecule has 0 fully saturated rings. The van der Waals surface area contributed by atoms with Crippen LogP contribution in [-0.4, -0.2) is 21.0 Å². The Hall–Kier alpha value is -2.57. The third-order valence-electron chi connectivity index (χ3n) is 2.24. The van der Waals surface area contributed by atoms with Gasteiger partial charge in [-0.2, -0.15) is 0 Å². The van der Waals surface area contributed by atoms with Crippen LogP contribution in [0.4, 0.5) is 8.78 Å². The van der Waals surface area contributed by atoms with Crippen molar-refractivity contribution in [1.29, 1.82) is 0 Å². The fraction of sp³-hybridized carbons (Fsp3) is 0. The van der Waals surface area contributed by atoms with Crippen LogP contribution in [-0.2, 0) is 0 Å². The number of carbonyl (C=O) groups is 1. The van der Waals surface area contributed by atoms with Gasteiger partial charge in [0.1, 0.15) is 17.2 Å². The topological polar surface area (TPSA) is 83.0 Å². The Morgan fingerprint density at radius 1 is 1.33 bits per heavy atom. The average Bonchev–Trinajstić information content (AvgIpc) is 2.31. The summed E-state index contributed by atoms with van der Waals surface area (Å²) in [6, 6.07) is 2.53. The normalized spacial score (nSPS) is 10.3. The zero-order chi connectivity index (χ0) is 13.3. The first-order valence-corrected chi connectivity index (χ1v) is 4.77. The zero-order valence-corrected chi connectivity index (χ0v) is 8.78. The monoisotopic (exact) mass is 252 g/mol. The number of aromatic nitrogens is 2. The largest absolute Gasteiger partial charge is 0.478 e. The van der Waals surface area contributed by atoms with Crippen LogP contribution in [0.1, 0.15) is 10.4 Å². The number of H-pyrrole nitrogens is 1. The minimum atomic E-state index is -1.41. The van der Waals surface area contributed by atoms with E-state index in [0.717, 1.165) is 24.4 Å². The number of benzene rings is 1. The van der Waals surface area contributed by atoms with Gasteiger partial charge in [0.2, 0.25) is 0 Å². The lowest BCUT2D eigenvalue weighted by Gasteiger charge is -2.06. The zero-order valence-electron chi connectivity index (χ0n) is 8.78. The van der Waals surface area contributed by atoms with Crippen LogP contribution in [0.25, 0.3) is 11.3 Å². The molecule has 5 nitrogen and oxygen atoms in total. The van der Waals surface area contributed by atoms with E-state index in [2.05, 4.69) is 9.97 Å². The SMILES string of the molecule is O=C(O)c1cnc(=O)[nH]c1-c1cc(F)ccc1F. The van der Waals surface area contributed by atoms with E-state index in [0.29, 0.717) is 0 Å². The van der Waals surface area contributed by atoms with Crippen molar-refractivity contribution >= 4 is 5.97 Å². The van der Waals surface area contributed by atoms with Gasteiger partial charge in [-0.15, -0.1) is 0 Å². The van der Waals surface area contributed by atoms with Gasteiger partial charge in [0.15, 0.2) is 0 Å². The molecule has 1 heterocycles. The summed E-state index contributed by atoms with van der Waals surface area (Å²) >= 11 is 0. The van der Waals surface area contributed by atoms with Crippen molar-refractivity contribution in [2.45, 2.75) is 0 Å². The minimum Gasteiger partial charge on any atom is -0.478 e. The molecular formula is C11H6F2N2O3. The van der Waals surface area contributed by atoms with Crippen LogP contribution in [0.2, 0.25) is 0 Å². The number of halogens is 2. The van der Waals surface area contributed by atoms with Crippen molar-refractivity contribution in [1.82, 2.24) is 9.97 Å². The Morgan fingerprint density at radius 2 is 2.06 bits per heavy atom. The first-order valence-electron chi connectivity index (χ1n) is 4.77. The van der Waals surface area contributed by atoms with Crippen LogP contribution < -0.4 is 5.69 Å². The van der Waals surface area contributed by atoms with E-state index in [1.54, 1.807) is 0 Å². The fourth-order valence-corrected chi connectivity index (χ4v) is 1.46. The van der Waals surface area contributed by atoms with E-state index in [1.807, 2.05) is 0 Å². The number of rotatable bonds is 2. The molecule has 0 amide bonds. The summed E-state index contributed by atoms with van der Waals surface area (Å²) in [5, 5.41) is 8.90. The van der Waals surface area contributed by atoms with E-state index < -0.39 is 28.9 Å². The van der Waals surface area contributed by atoms with E-state index in [4.69, 9.17) is 5.11 Å². The van der Waals surface area contributed by atoms with Gasteiger partial charge < -0.3 is 10.1 Å². The summed E-state index contributed by atoms with van der Waals surface area (Å²) in [7, 11) is 0. The minimum absolute atomic E-state index is 0.320. The molecule has 0 bridgehead atoms. The van der Waals surface area contributed by atoms with Gasteiger partial charge in [0.05, 0.1) is 5.69 Å². The Balaban J connectivity index is 2.77. The first kappa shape index (κ1) is 11.9. The summed E-state index contributed by atoms with van der Waals surface area (Å²) in [5.41, 5.74) is -1.93. The summed E-state index contributed by atoms with van der Waals surface area (Å²) < 4.78 is 26.6. The van der Waals surface area contributed by atoms with Crippen molar-refractivity contribution in [3.05, 3.63) is 52.1 Å². The highest BCUT2D eigenvalue weighted by molar-refractivity contribution is 5.94. The lowest BCUT2D eigenvalue weighted by atomic mass is 10.1. The van der Waals surface area contributed by atoms with Crippen molar-refractivity contribution in [3.63, 3.8) is 0 Å². The highest BCUT2D eigenvalue weighted by atomic mass is 19.1. The second-order valence-corrected chi connectivity index (χ2v) is 3.41. The molecule has 92 valence electrons. The number of aromatic carboxylic acids is 1. The maximum absolute atomic E-state index is 13.5. The van der Waals surface area contributed by atoms with E-state index in [9.17, 15) is 18.4 Å². The van der Waals surface area contributed by atoms with Crippen molar-refractivity contribution < 1.29 is 18.7 Å². The predicted molar refractivity (Wildman–Crippen MR) is 57.2 cm³/mol. The molecule has 2 rings (SSSR count). The van der Waals surface area contributed by atoms with Crippen molar-refractivity contribution in [3.8, 4) is 11.3 Å². The second-order valence-electron chi connectivity index (χ2n) is 3.41. The molecule has 0 aliphatic heterocycles. The smallest absolute Gasteiger partial charge is 0.345 e. The van der Waals surface area contributed by atoms with Gasteiger partial charge in [-0.25, -0.2) is 23.4 Å². The quantitative estimate of drug-likeness (QED) is 0.846. The molecule has 0 saturated carbocycles. The molecule has 0 spiro atoms. The number of carboxylic acids is 1. The lowest BCUT2D eigenvalue weighted by Crippen LogP contribution is -2.15. The van der Waals surface area contributed by atoms with Gasteiger partial charge in [0, 0.05) is 11.8 Å². The van der Waals surface area contributed by atoms with Crippen LogP contribution >= 0.6 is 0 Å². The Kier molecular flexibility index (Phi) is 2.88. The molecule has 18 heavy (non-hydrogen) atoms. The molecule has 0 unspecified atom stereocenters. The third-order valence-corrected chi connectivity index (χ3v) is 2.24. The molecule has 1 aromatic carbocycles. The van der Waals surface area contributed by atoms with E-state index in [-0.39, 0.29) is 11.3 Å². The molecule has 0 aliphatic rings. The summed E-state index contributed by atoms with van der Waals surface area (Å²) in [6.07, 6.45) is 0.793. The van der Waals surface area contributed by atoms with Gasteiger partial charge in [-0.3, -0.25) is 0 Å². The number of hydrogen-bond acceptors (Lipinski definition) is 3. The van der Waals surface area contributed by atoms with Crippen molar-refractivity contribution in [2.24, 2.45) is 0 Å². The van der Waals surface area contributed by atoms with Crippen LogP contribution in [0.3, 0.4) is 0 Å². The van der Waals surface area contributed by atoms with E-state index in [1.165, 1.54) is 0 Å². The van der Waals surface area contributed by atoms with Crippen LogP contribution in [0.5, 0.6) is 0 Å². The Bertz CT molecular complexity index is 682. The average molecular weight is 252 g/mol. The fourth-order valence-electron chi connectivity index (χ4n) is 1.46. The lowest BCUT2D eigenvalue weighted by molar-refractivity contribution is 0.0697. The molecule has 0 radical (unpaired) electrons. The third kappa shape index (κ3) is 2.10.